The van der Waals surface area contributed by atoms with Gasteiger partial charge in [-0.15, -0.1) is 11.3 Å². The monoisotopic (exact) mass is 282 g/mol. The number of benzene rings is 1. The molecule has 0 atom stereocenters. The molecule has 6 heteroatoms. The Hall–Kier alpha value is -1.46. The van der Waals surface area contributed by atoms with Crippen LogP contribution in [0.2, 0.25) is 5.02 Å². The van der Waals surface area contributed by atoms with E-state index >= 15 is 0 Å². The van der Waals surface area contributed by atoms with Crippen molar-refractivity contribution in [3.63, 3.8) is 0 Å². The predicted octanol–water partition coefficient (Wildman–Crippen LogP) is 3.18. The van der Waals surface area contributed by atoms with Gasteiger partial charge in [0.2, 0.25) is 0 Å². The van der Waals surface area contributed by atoms with E-state index in [1.165, 1.54) is 0 Å². The lowest BCUT2D eigenvalue weighted by Gasteiger charge is -2.20. The van der Waals surface area contributed by atoms with Crippen LogP contribution in [0.25, 0.3) is 0 Å². The van der Waals surface area contributed by atoms with E-state index in [9.17, 15) is 0 Å². The third-order valence-corrected chi connectivity index (χ3v) is 3.66. The molecule has 0 radical (unpaired) electrons. The molecule has 4 nitrogen and oxygen atoms in total. The third-order valence-electron chi connectivity index (χ3n) is 2.57. The Labute approximate surface area is 114 Å². The minimum absolute atomic E-state index is 0.566. The Balaban J connectivity index is 1.79. The maximum atomic E-state index is 6.19. The van der Waals surface area contributed by atoms with Crippen molar-refractivity contribution in [3.8, 4) is 11.5 Å². The molecule has 0 unspecified atom stereocenters. The van der Waals surface area contributed by atoms with Crippen molar-refractivity contribution in [2.75, 3.05) is 18.5 Å². The minimum Gasteiger partial charge on any atom is -0.486 e. The first kappa shape index (κ1) is 11.6. The van der Waals surface area contributed by atoms with Crippen LogP contribution in [0.5, 0.6) is 11.5 Å². The molecule has 94 valence electrons. The SMILES string of the molecule is Clc1cc2c(cc1NCc1cncs1)OCCO2. The van der Waals surface area contributed by atoms with Crippen LogP contribution in [-0.2, 0) is 6.54 Å². The number of aromatic nitrogens is 1. The van der Waals surface area contributed by atoms with Gasteiger partial charge >= 0.3 is 0 Å². The second-order valence-corrected chi connectivity index (χ2v) is 5.18. The lowest BCUT2D eigenvalue weighted by atomic mass is 10.2. The van der Waals surface area contributed by atoms with Gasteiger partial charge in [-0.05, 0) is 0 Å². The molecule has 1 N–H and O–H groups in total. The number of thiazole rings is 1. The Morgan fingerprint density at radius 3 is 2.78 bits per heavy atom. The molecule has 0 fully saturated rings. The van der Waals surface area contributed by atoms with E-state index in [1.54, 1.807) is 17.4 Å². The van der Waals surface area contributed by atoms with E-state index in [0.29, 0.717) is 30.5 Å². The summed E-state index contributed by atoms with van der Waals surface area (Å²) in [6, 6.07) is 3.66. The van der Waals surface area contributed by atoms with Crippen LogP contribution in [-0.4, -0.2) is 18.2 Å². The maximum Gasteiger partial charge on any atom is 0.163 e. The lowest BCUT2D eigenvalue weighted by Crippen LogP contribution is -2.15. The van der Waals surface area contributed by atoms with Gasteiger partial charge in [0.15, 0.2) is 11.5 Å². The fourth-order valence-electron chi connectivity index (χ4n) is 1.71. The van der Waals surface area contributed by atoms with Crippen molar-refractivity contribution in [1.82, 2.24) is 4.98 Å². The molecule has 3 rings (SSSR count). The van der Waals surface area contributed by atoms with E-state index in [4.69, 9.17) is 21.1 Å². The van der Waals surface area contributed by atoms with E-state index < -0.39 is 0 Å². The molecule has 2 aromatic rings. The fraction of sp³-hybridized carbons (Fsp3) is 0.250. The molecule has 0 saturated heterocycles. The molecule has 1 aromatic carbocycles. The van der Waals surface area contributed by atoms with E-state index in [2.05, 4.69) is 10.3 Å². The molecular formula is C12H11ClN2O2S. The molecule has 0 bridgehead atoms. The van der Waals surface area contributed by atoms with Gasteiger partial charge in [0.25, 0.3) is 0 Å². The second-order valence-electron chi connectivity index (χ2n) is 3.80. The normalized spacial score (nSPS) is 13.4. The Bertz CT molecular complexity index is 545. The number of halogens is 1. The maximum absolute atomic E-state index is 6.19. The Kier molecular flexibility index (Phi) is 3.25. The van der Waals surface area contributed by atoms with Gasteiger partial charge < -0.3 is 14.8 Å². The number of fused-ring (bicyclic) bond motifs is 1. The summed E-state index contributed by atoms with van der Waals surface area (Å²) in [4.78, 5) is 5.18. The van der Waals surface area contributed by atoms with Crippen LogP contribution >= 0.6 is 22.9 Å². The van der Waals surface area contributed by atoms with E-state index in [0.717, 1.165) is 16.3 Å². The Morgan fingerprint density at radius 2 is 2.06 bits per heavy atom. The predicted molar refractivity (Wildman–Crippen MR) is 71.9 cm³/mol. The van der Waals surface area contributed by atoms with Gasteiger partial charge in [-0.25, -0.2) is 0 Å². The first-order valence-electron chi connectivity index (χ1n) is 5.53. The number of nitrogens with zero attached hydrogens (tertiary/aromatic N) is 1. The van der Waals surface area contributed by atoms with Crippen molar-refractivity contribution in [2.45, 2.75) is 6.54 Å². The average Bonchev–Trinajstić information content (AvgIpc) is 2.89. The number of ether oxygens (including phenoxy) is 2. The smallest absolute Gasteiger partial charge is 0.163 e. The van der Waals surface area contributed by atoms with Gasteiger partial charge in [-0.2, -0.15) is 0 Å². The Morgan fingerprint density at radius 1 is 1.28 bits per heavy atom. The lowest BCUT2D eigenvalue weighted by molar-refractivity contribution is 0.171. The van der Waals surface area contributed by atoms with Gasteiger partial charge in [0.05, 0.1) is 22.8 Å². The highest BCUT2D eigenvalue weighted by Crippen LogP contribution is 2.38. The summed E-state index contributed by atoms with van der Waals surface area (Å²) in [5, 5.41) is 3.90. The minimum atomic E-state index is 0.566. The molecule has 0 spiro atoms. The molecule has 1 aliphatic heterocycles. The van der Waals surface area contributed by atoms with Crippen LogP contribution in [0, 0.1) is 0 Å². The molecule has 0 amide bonds. The fourth-order valence-corrected chi connectivity index (χ4v) is 2.47. The topological polar surface area (TPSA) is 43.4 Å². The molecule has 1 aliphatic rings. The number of nitrogens with one attached hydrogen (secondary N) is 1. The summed E-state index contributed by atoms with van der Waals surface area (Å²) in [5.41, 5.74) is 2.65. The first-order chi connectivity index (χ1) is 8.83. The standard InChI is InChI=1S/C12H11ClN2O2S/c13-9-3-11-12(17-2-1-16-11)4-10(9)15-6-8-5-14-7-18-8/h3-5,7,15H,1-2,6H2. The zero-order valence-electron chi connectivity index (χ0n) is 9.48. The highest BCUT2D eigenvalue weighted by Gasteiger charge is 2.14. The van der Waals surface area contributed by atoms with Crippen LogP contribution < -0.4 is 14.8 Å². The summed E-state index contributed by atoms with van der Waals surface area (Å²) in [6.45, 7) is 1.84. The van der Waals surface area contributed by atoms with E-state index in [-0.39, 0.29) is 0 Å². The molecule has 0 aliphatic carbocycles. The van der Waals surface area contributed by atoms with Gasteiger partial charge in [-0.3, -0.25) is 4.98 Å². The van der Waals surface area contributed by atoms with Crippen molar-refractivity contribution < 1.29 is 9.47 Å². The number of anilines is 1. The van der Waals surface area contributed by atoms with Gasteiger partial charge in [-0.1, -0.05) is 11.6 Å². The van der Waals surface area contributed by atoms with Crippen LogP contribution in [0.4, 0.5) is 5.69 Å². The summed E-state index contributed by atoms with van der Waals surface area (Å²) in [5.74, 6) is 1.44. The molecule has 18 heavy (non-hydrogen) atoms. The molecule has 1 aromatic heterocycles. The number of rotatable bonds is 3. The van der Waals surface area contributed by atoms with Crippen LogP contribution in [0.15, 0.2) is 23.8 Å². The van der Waals surface area contributed by atoms with Gasteiger partial charge in [0.1, 0.15) is 13.2 Å². The largest absolute Gasteiger partial charge is 0.486 e. The first-order valence-corrected chi connectivity index (χ1v) is 6.79. The van der Waals surface area contributed by atoms with Crippen molar-refractivity contribution >= 4 is 28.6 Å². The van der Waals surface area contributed by atoms with Crippen LogP contribution in [0.1, 0.15) is 4.88 Å². The number of hydrogen-bond acceptors (Lipinski definition) is 5. The highest BCUT2D eigenvalue weighted by atomic mass is 35.5. The molecular weight excluding hydrogens is 272 g/mol. The third kappa shape index (κ3) is 2.37. The average molecular weight is 283 g/mol. The quantitative estimate of drug-likeness (QED) is 0.939. The summed E-state index contributed by atoms with van der Waals surface area (Å²) in [7, 11) is 0. The molecule has 2 heterocycles. The van der Waals surface area contributed by atoms with Crippen LogP contribution in [0.3, 0.4) is 0 Å². The summed E-state index contributed by atoms with van der Waals surface area (Å²) >= 11 is 7.80. The van der Waals surface area contributed by atoms with E-state index in [1.807, 2.05) is 17.8 Å². The summed E-state index contributed by atoms with van der Waals surface area (Å²) < 4.78 is 11.0. The van der Waals surface area contributed by atoms with Crippen molar-refractivity contribution in [3.05, 3.63) is 33.7 Å². The highest BCUT2D eigenvalue weighted by molar-refractivity contribution is 7.09. The number of hydrogen-bond donors (Lipinski definition) is 1. The molecule has 0 saturated carbocycles. The van der Waals surface area contributed by atoms with Crippen molar-refractivity contribution in [2.24, 2.45) is 0 Å². The van der Waals surface area contributed by atoms with Gasteiger partial charge in [0, 0.05) is 23.2 Å². The zero-order chi connectivity index (χ0) is 12.4. The second kappa shape index (κ2) is 5.04. The summed E-state index contributed by atoms with van der Waals surface area (Å²) in [6.07, 6.45) is 1.84. The van der Waals surface area contributed by atoms with Crippen molar-refractivity contribution in [1.29, 1.82) is 0 Å². The zero-order valence-corrected chi connectivity index (χ0v) is 11.1.